The first-order chi connectivity index (χ1) is 10.4. The fourth-order valence-electron chi connectivity index (χ4n) is 2.96. The van der Waals surface area contributed by atoms with Gasteiger partial charge in [-0.15, -0.1) is 0 Å². The highest BCUT2D eigenvalue weighted by molar-refractivity contribution is 5.29. The Morgan fingerprint density at radius 3 is 2.68 bits per heavy atom. The summed E-state index contributed by atoms with van der Waals surface area (Å²) in [7, 11) is 0. The number of alkyl halides is 3. The molecule has 1 fully saturated rings. The van der Waals surface area contributed by atoms with Crippen molar-refractivity contribution in [2.24, 2.45) is 5.92 Å². The molecule has 0 saturated carbocycles. The number of hydroxylamine groups is 1. The molecule has 0 spiro atoms. The molecular weight excluding hydrogens is 300 g/mol. The number of benzene rings is 1. The van der Waals surface area contributed by atoms with Crippen molar-refractivity contribution < 1.29 is 22.4 Å². The molecule has 7 heteroatoms. The smallest absolute Gasteiger partial charge is 0.413 e. The number of halogens is 4. The fourth-order valence-corrected chi connectivity index (χ4v) is 2.96. The van der Waals surface area contributed by atoms with Crippen molar-refractivity contribution in [3.05, 3.63) is 47.0 Å². The highest BCUT2D eigenvalue weighted by atomic mass is 19.4. The predicted octanol–water partition coefficient (Wildman–Crippen LogP) is 3.30. The van der Waals surface area contributed by atoms with E-state index in [1.165, 1.54) is 6.07 Å². The van der Waals surface area contributed by atoms with Crippen molar-refractivity contribution >= 4 is 0 Å². The summed E-state index contributed by atoms with van der Waals surface area (Å²) in [4.78, 5) is 5.31. The van der Waals surface area contributed by atoms with Crippen molar-refractivity contribution in [2.75, 3.05) is 13.1 Å². The lowest BCUT2D eigenvalue weighted by atomic mass is 9.87. The normalized spacial score (nSPS) is 25.7. The minimum atomic E-state index is -4.53. The molecule has 0 amide bonds. The van der Waals surface area contributed by atoms with E-state index in [0.717, 1.165) is 18.2 Å². The van der Waals surface area contributed by atoms with Crippen LogP contribution in [0.4, 0.5) is 17.6 Å². The molecule has 2 heterocycles. The van der Waals surface area contributed by atoms with Gasteiger partial charge >= 0.3 is 6.18 Å². The minimum absolute atomic E-state index is 0.142. The highest BCUT2D eigenvalue weighted by Crippen LogP contribution is 2.36. The average Bonchev–Trinajstić information content (AvgIpc) is 3.00. The molecule has 3 rings (SSSR count). The third-order valence-corrected chi connectivity index (χ3v) is 4.09. The molecule has 0 bridgehead atoms. The van der Waals surface area contributed by atoms with E-state index in [1.807, 2.05) is 6.08 Å². The summed E-state index contributed by atoms with van der Waals surface area (Å²) >= 11 is 0. The van der Waals surface area contributed by atoms with Crippen LogP contribution >= 0.6 is 0 Å². The zero-order chi connectivity index (χ0) is 15.7. The first kappa shape index (κ1) is 15.3. The number of rotatable bonds is 2. The van der Waals surface area contributed by atoms with Crippen LogP contribution < -0.4 is 10.8 Å². The third-order valence-electron chi connectivity index (χ3n) is 4.09. The molecule has 120 valence electrons. The van der Waals surface area contributed by atoms with Crippen molar-refractivity contribution in [3.63, 3.8) is 0 Å². The van der Waals surface area contributed by atoms with Gasteiger partial charge in [-0.2, -0.15) is 18.7 Å². The number of nitrogens with one attached hydrogen (secondary N) is 2. The second-order valence-electron chi connectivity index (χ2n) is 5.52. The molecular formula is C15H16F4N2O. The van der Waals surface area contributed by atoms with Gasteiger partial charge in [0.1, 0.15) is 11.6 Å². The molecule has 1 aromatic carbocycles. The van der Waals surface area contributed by atoms with Gasteiger partial charge in [0.2, 0.25) is 0 Å². The summed E-state index contributed by atoms with van der Waals surface area (Å²) < 4.78 is 51.9. The third kappa shape index (κ3) is 3.10. The summed E-state index contributed by atoms with van der Waals surface area (Å²) in [6.45, 7) is 1.30. The average molecular weight is 316 g/mol. The van der Waals surface area contributed by atoms with Crippen molar-refractivity contribution in [2.45, 2.75) is 25.1 Å². The second-order valence-corrected chi connectivity index (χ2v) is 5.52. The van der Waals surface area contributed by atoms with Crippen molar-refractivity contribution in [3.8, 4) is 0 Å². The SMILES string of the molecule is Fc1cc(C(F)(F)F)ccc1[C@H]1C[C@@H](C2=CCNO2)CCN1. The Hall–Kier alpha value is -1.60. The molecule has 3 nitrogen and oxygen atoms in total. The van der Waals surface area contributed by atoms with Crippen molar-refractivity contribution in [1.29, 1.82) is 0 Å². The Morgan fingerprint density at radius 1 is 1.23 bits per heavy atom. The van der Waals surface area contributed by atoms with E-state index in [-0.39, 0.29) is 17.5 Å². The van der Waals surface area contributed by atoms with E-state index in [0.29, 0.717) is 25.6 Å². The summed E-state index contributed by atoms with van der Waals surface area (Å²) in [6, 6.07) is 2.40. The van der Waals surface area contributed by atoms with E-state index in [2.05, 4.69) is 10.8 Å². The monoisotopic (exact) mass is 316 g/mol. The van der Waals surface area contributed by atoms with Crippen LogP contribution in [0.5, 0.6) is 0 Å². The maximum absolute atomic E-state index is 14.1. The Morgan fingerprint density at radius 2 is 2.05 bits per heavy atom. The Labute approximate surface area is 125 Å². The number of allylic oxidation sites excluding steroid dienone is 1. The standard InChI is InChI=1S/C15H16F4N2O/c16-12-8-10(15(17,18)19)1-2-11(12)13-7-9(3-5-20-13)14-4-6-21-22-14/h1-2,4,8-9,13,20-21H,3,5-7H2/t9-,13+/m0/s1. The molecule has 0 aliphatic carbocycles. The molecule has 2 aliphatic rings. The Balaban J connectivity index is 1.78. The molecule has 2 atom stereocenters. The van der Waals surface area contributed by atoms with E-state index in [1.54, 1.807) is 0 Å². The van der Waals surface area contributed by atoms with Crippen LogP contribution in [0, 0.1) is 11.7 Å². The molecule has 2 aliphatic heterocycles. The van der Waals surface area contributed by atoms with Gasteiger partial charge in [-0.25, -0.2) is 4.39 Å². The van der Waals surface area contributed by atoms with Crippen LogP contribution in [0.1, 0.15) is 30.0 Å². The van der Waals surface area contributed by atoms with Crippen molar-refractivity contribution in [1.82, 2.24) is 10.8 Å². The zero-order valence-corrected chi connectivity index (χ0v) is 11.7. The van der Waals surface area contributed by atoms with Gasteiger partial charge in [-0.1, -0.05) is 6.07 Å². The maximum atomic E-state index is 14.1. The largest absolute Gasteiger partial charge is 0.416 e. The summed E-state index contributed by atoms with van der Waals surface area (Å²) in [5, 5.41) is 3.16. The lowest BCUT2D eigenvalue weighted by molar-refractivity contribution is -0.137. The molecule has 2 N–H and O–H groups in total. The van der Waals surface area contributed by atoms with Crippen LogP contribution in [0.25, 0.3) is 0 Å². The first-order valence-corrected chi connectivity index (χ1v) is 7.15. The Kier molecular flexibility index (Phi) is 4.10. The first-order valence-electron chi connectivity index (χ1n) is 7.15. The molecule has 0 aromatic heterocycles. The van der Waals surface area contributed by atoms with E-state index >= 15 is 0 Å². The summed E-state index contributed by atoms with van der Waals surface area (Å²) in [5.41, 5.74) is 2.05. The van der Waals surface area contributed by atoms with Crippen LogP contribution in [-0.2, 0) is 11.0 Å². The van der Waals surface area contributed by atoms with Gasteiger partial charge in [0.05, 0.1) is 12.1 Å². The fraction of sp³-hybridized carbons (Fsp3) is 0.467. The second kappa shape index (κ2) is 5.89. The lowest BCUT2D eigenvalue weighted by Gasteiger charge is -2.31. The van der Waals surface area contributed by atoms with Crippen LogP contribution in [0.3, 0.4) is 0 Å². The molecule has 1 aromatic rings. The highest BCUT2D eigenvalue weighted by Gasteiger charge is 2.33. The van der Waals surface area contributed by atoms with E-state index in [9.17, 15) is 17.6 Å². The molecule has 0 unspecified atom stereocenters. The van der Waals surface area contributed by atoms with Gasteiger partial charge < -0.3 is 10.2 Å². The van der Waals surface area contributed by atoms with Gasteiger partial charge in [-0.05, 0) is 37.6 Å². The van der Waals surface area contributed by atoms with Crippen LogP contribution in [0.15, 0.2) is 30.0 Å². The quantitative estimate of drug-likeness (QED) is 0.821. The number of hydrogen-bond acceptors (Lipinski definition) is 3. The maximum Gasteiger partial charge on any atom is 0.416 e. The van der Waals surface area contributed by atoms with E-state index in [4.69, 9.17) is 4.84 Å². The van der Waals surface area contributed by atoms with Gasteiger partial charge in [0.25, 0.3) is 0 Å². The zero-order valence-electron chi connectivity index (χ0n) is 11.7. The molecule has 0 radical (unpaired) electrons. The van der Waals surface area contributed by atoms with E-state index < -0.39 is 17.6 Å². The van der Waals surface area contributed by atoms with Crippen LogP contribution in [-0.4, -0.2) is 13.1 Å². The molecule has 1 saturated heterocycles. The van der Waals surface area contributed by atoms with Gasteiger partial charge in [0.15, 0.2) is 0 Å². The predicted molar refractivity (Wildman–Crippen MR) is 72.0 cm³/mol. The minimum Gasteiger partial charge on any atom is -0.413 e. The van der Waals surface area contributed by atoms with Gasteiger partial charge in [-0.3, -0.25) is 0 Å². The number of hydrogen-bond donors (Lipinski definition) is 2. The number of piperidine rings is 1. The van der Waals surface area contributed by atoms with Gasteiger partial charge in [0, 0.05) is 17.5 Å². The Bertz CT molecular complexity index is 585. The lowest BCUT2D eigenvalue weighted by Crippen LogP contribution is -2.33. The molecule has 22 heavy (non-hydrogen) atoms. The summed E-state index contributed by atoms with van der Waals surface area (Å²) in [5.74, 6) is 0.147. The van der Waals surface area contributed by atoms with Crippen LogP contribution in [0.2, 0.25) is 0 Å². The topological polar surface area (TPSA) is 33.3 Å². The summed E-state index contributed by atoms with van der Waals surface area (Å²) in [6.07, 6.45) is -1.14.